The molecule has 0 fully saturated rings. The van der Waals surface area contributed by atoms with E-state index in [9.17, 15) is 0 Å². The molecule has 0 amide bonds. The molecule has 1 N–H and O–H groups in total. The van der Waals surface area contributed by atoms with Gasteiger partial charge in [0.2, 0.25) is 0 Å². The zero-order valence-corrected chi connectivity index (χ0v) is 8.71. The van der Waals surface area contributed by atoms with Gasteiger partial charge in [0.25, 0.3) is 0 Å². The molecule has 5 heteroatoms. The number of nitrogens with zero attached hydrogens (tertiary/aromatic N) is 3. The van der Waals surface area contributed by atoms with E-state index in [1.807, 2.05) is 19.1 Å². The lowest BCUT2D eigenvalue weighted by molar-refractivity contribution is 0.264. The Hall–Kier alpha value is -1.71. The van der Waals surface area contributed by atoms with Crippen molar-refractivity contribution in [3.63, 3.8) is 0 Å². The average molecular weight is 207 g/mol. The van der Waals surface area contributed by atoms with E-state index in [4.69, 9.17) is 15.4 Å². The van der Waals surface area contributed by atoms with E-state index in [0.29, 0.717) is 5.75 Å². The van der Waals surface area contributed by atoms with Gasteiger partial charge in [-0.25, -0.2) is 0 Å². The highest BCUT2D eigenvalue weighted by Gasteiger charge is 2.15. The van der Waals surface area contributed by atoms with Crippen molar-refractivity contribution in [1.29, 1.82) is 0 Å². The third kappa shape index (κ3) is 2.40. The van der Waals surface area contributed by atoms with Crippen LogP contribution >= 0.6 is 0 Å². The van der Waals surface area contributed by atoms with Crippen molar-refractivity contribution in [2.24, 2.45) is 5.11 Å². The fraction of sp³-hybridized carbons (Fsp3) is 0.400. The predicted octanol–water partition coefficient (Wildman–Crippen LogP) is 2.35. The first-order valence-corrected chi connectivity index (χ1v) is 4.53. The van der Waals surface area contributed by atoms with Crippen molar-refractivity contribution in [2.45, 2.75) is 13.0 Å². The topological polar surface area (TPSA) is 78.2 Å². The summed E-state index contributed by atoms with van der Waals surface area (Å²) >= 11 is 0. The van der Waals surface area contributed by atoms with Gasteiger partial charge in [0.05, 0.1) is 19.8 Å². The van der Waals surface area contributed by atoms with Crippen LogP contribution in [0, 0.1) is 6.92 Å². The Morgan fingerprint density at radius 2 is 2.33 bits per heavy atom. The monoisotopic (exact) mass is 207 g/mol. The van der Waals surface area contributed by atoms with E-state index in [2.05, 4.69) is 10.0 Å². The standard InChI is InChI=1S/C10H13N3O2/c1-7-4-3-5-9(15-2)10(7)8(6-14)12-13-11/h3-5,8,14H,6H2,1-2H3. The molecule has 0 bridgehead atoms. The van der Waals surface area contributed by atoms with Crippen molar-refractivity contribution in [3.8, 4) is 5.75 Å². The molecule has 0 saturated carbocycles. The number of benzene rings is 1. The van der Waals surface area contributed by atoms with Crippen LogP contribution in [-0.4, -0.2) is 18.8 Å². The number of hydrogen-bond acceptors (Lipinski definition) is 3. The van der Waals surface area contributed by atoms with Crippen molar-refractivity contribution >= 4 is 0 Å². The van der Waals surface area contributed by atoms with Crippen molar-refractivity contribution in [3.05, 3.63) is 39.8 Å². The van der Waals surface area contributed by atoms with Gasteiger partial charge >= 0.3 is 0 Å². The number of aliphatic hydroxyl groups is 1. The van der Waals surface area contributed by atoms with Gasteiger partial charge in [0.1, 0.15) is 5.75 Å². The van der Waals surface area contributed by atoms with Crippen molar-refractivity contribution in [2.75, 3.05) is 13.7 Å². The summed E-state index contributed by atoms with van der Waals surface area (Å²) in [7, 11) is 1.54. The molecule has 0 spiro atoms. The summed E-state index contributed by atoms with van der Waals surface area (Å²) < 4.78 is 5.16. The molecule has 0 radical (unpaired) electrons. The van der Waals surface area contributed by atoms with Gasteiger partial charge in [-0.1, -0.05) is 17.2 Å². The van der Waals surface area contributed by atoms with E-state index >= 15 is 0 Å². The molecule has 0 aromatic heterocycles. The number of aryl methyl sites for hydroxylation is 1. The minimum Gasteiger partial charge on any atom is -0.496 e. The number of rotatable bonds is 4. The Kier molecular flexibility index (Phi) is 3.97. The van der Waals surface area contributed by atoms with Gasteiger partial charge in [-0.3, -0.25) is 0 Å². The maximum absolute atomic E-state index is 9.13. The maximum atomic E-state index is 9.13. The second-order valence-electron chi connectivity index (χ2n) is 3.09. The summed E-state index contributed by atoms with van der Waals surface area (Å²) in [5, 5.41) is 12.7. The summed E-state index contributed by atoms with van der Waals surface area (Å²) in [5.74, 6) is 0.626. The first-order chi connectivity index (χ1) is 7.24. The minimum atomic E-state index is -0.592. The molecule has 5 nitrogen and oxygen atoms in total. The summed E-state index contributed by atoms with van der Waals surface area (Å²) in [6.45, 7) is 1.65. The molecule has 1 rings (SSSR count). The van der Waals surface area contributed by atoms with Crippen molar-refractivity contribution in [1.82, 2.24) is 0 Å². The summed E-state index contributed by atoms with van der Waals surface area (Å²) in [6.07, 6.45) is 0. The van der Waals surface area contributed by atoms with Gasteiger partial charge in [0, 0.05) is 10.5 Å². The minimum absolute atomic E-state index is 0.231. The van der Waals surface area contributed by atoms with Gasteiger partial charge in [-0.15, -0.1) is 0 Å². The fourth-order valence-electron chi connectivity index (χ4n) is 1.51. The Labute approximate surface area is 87.9 Å². The molecule has 1 aromatic rings. The number of aliphatic hydroxyl groups excluding tert-OH is 1. The average Bonchev–Trinajstić information content (AvgIpc) is 2.26. The SMILES string of the molecule is COc1cccc(C)c1C(CO)N=[N+]=[N-]. The van der Waals surface area contributed by atoms with Crippen LogP contribution in [0.25, 0.3) is 10.4 Å². The molecule has 0 aliphatic carbocycles. The molecule has 0 aliphatic rings. The largest absolute Gasteiger partial charge is 0.496 e. The number of ether oxygens (including phenoxy) is 1. The summed E-state index contributed by atoms with van der Waals surface area (Å²) in [4.78, 5) is 2.71. The zero-order valence-electron chi connectivity index (χ0n) is 8.71. The van der Waals surface area contributed by atoms with Gasteiger partial charge in [-0.2, -0.15) is 0 Å². The Bertz CT molecular complexity index is 386. The van der Waals surface area contributed by atoms with Crippen LogP contribution in [0.15, 0.2) is 23.3 Å². The highest BCUT2D eigenvalue weighted by atomic mass is 16.5. The first kappa shape index (κ1) is 11.4. The van der Waals surface area contributed by atoms with Crippen LogP contribution in [0.2, 0.25) is 0 Å². The number of azide groups is 1. The molecular weight excluding hydrogens is 194 g/mol. The van der Waals surface area contributed by atoms with Gasteiger partial charge < -0.3 is 9.84 Å². The van der Waals surface area contributed by atoms with Crippen LogP contribution in [-0.2, 0) is 0 Å². The molecule has 80 valence electrons. The lowest BCUT2D eigenvalue weighted by Crippen LogP contribution is -2.05. The van der Waals surface area contributed by atoms with Crippen LogP contribution in [0.5, 0.6) is 5.75 Å². The van der Waals surface area contributed by atoms with Crippen LogP contribution < -0.4 is 4.74 Å². The normalized spacial score (nSPS) is 11.7. The highest BCUT2D eigenvalue weighted by molar-refractivity contribution is 5.42. The van der Waals surface area contributed by atoms with Crippen molar-refractivity contribution < 1.29 is 9.84 Å². The number of hydrogen-bond donors (Lipinski definition) is 1. The van der Waals surface area contributed by atoms with Gasteiger partial charge in [0.15, 0.2) is 0 Å². The van der Waals surface area contributed by atoms with E-state index < -0.39 is 6.04 Å². The second kappa shape index (κ2) is 5.24. The summed E-state index contributed by atoms with van der Waals surface area (Å²) in [5.41, 5.74) is 10.1. The van der Waals surface area contributed by atoms with E-state index in [0.717, 1.165) is 11.1 Å². The second-order valence-corrected chi connectivity index (χ2v) is 3.09. The number of methoxy groups -OCH3 is 1. The molecule has 15 heavy (non-hydrogen) atoms. The highest BCUT2D eigenvalue weighted by Crippen LogP contribution is 2.30. The Morgan fingerprint density at radius 3 is 2.87 bits per heavy atom. The third-order valence-electron chi connectivity index (χ3n) is 2.20. The molecule has 0 saturated heterocycles. The molecule has 0 heterocycles. The van der Waals surface area contributed by atoms with E-state index in [1.54, 1.807) is 13.2 Å². The molecule has 1 unspecified atom stereocenters. The Morgan fingerprint density at radius 1 is 1.60 bits per heavy atom. The lowest BCUT2D eigenvalue weighted by atomic mass is 10.0. The first-order valence-electron chi connectivity index (χ1n) is 4.53. The smallest absolute Gasteiger partial charge is 0.122 e. The fourth-order valence-corrected chi connectivity index (χ4v) is 1.51. The van der Waals surface area contributed by atoms with E-state index in [-0.39, 0.29) is 6.61 Å². The van der Waals surface area contributed by atoms with Crippen LogP contribution in [0.4, 0.5) is 0 Å². The Balaban J connectivity index is 3.25. The third-order valence-corrected chi connectivity index (χ3v) is 2.20. The quantitative estimate of drug-likeness (QED) is 0.467. The maximum Gasteiger partial charge on any atom is 0.122 e. The molecule has 1 aromatic carbocycles. The lowest BCUT2D eigenvalue weighted by Gasteiger charge is -2.15. The molecule has 1 atom stereocenters. The zero-order chi connectivity index (χ0) is 11.3. The molecular formula is C10H13N3O2. The molecule has 0 aliphatic heterocycles. The van der Waals surface area contributed by atoms with Crippen LogP contribution in [0.3, 0.4) is 0 Å². The van der Waals surface area contributed by atoms with Gasteiger partial charge in [-0.05, 0) is 24.1 Å². The predicted molar refractivity (Wildman–Crippen MR) is 56.7 cm³/mol. The summed E-state index contributed by atoms with van der Waals surface area (Å²) in [6, 6.07) is 4.92. The van der Waals surface area contributed by atoms with E-state index in [1.165, 1.54) is 0 Å². The van der Waals surface area contributed by atoms with Crippen LogP contribution in [0.1, 0.15) is 17.2 Å².